The molecular weight excluding hydrogens is 362 g/mol. The number of halogens is 1. The van der Waals surface area contributed by atoms with Crippen LogP contribution in [0.1, 0.15) is 52.5 Å². The molecule has 1 unspecified atom stereocenters. The van der Waals surface area contributed by atoms with Gasteiger partial charge in [-0.1, -0.05) is 6.07 Å². The average molecular weight is 388 g/mol. The molecule has 0 saturated carbocycles. The van der Waals surface area contributed by atoms with E-state index in [2.05, 4.69) is 12.2 Å². The third-order valence-electron chi connectivity index (χ3n) is 4.96. The maximum absolute atomic E-state index is 12.7. The van der Waals surface area contributed by atoms with Gasteiger partial charge in [-0.25, -0.2) is 0 Å². The highest BCUT2D eigenvalue weighted by Crippen LogP contribution is 2.21. The molecule has 1 aliphatic heterocycles. The monoisotopic (exact) mass is 387 g/mol. The van der Waals surface area contributed by atoms with E-state index in [0.29, 0.717) is 22.5 Å². The molecule has 2 amide bonds. The second-order valence-electron chi connectivity index (χ2n) is 6.95. The zero-order valence-corrected chi connectivity index (χ0v) is 16.5. The zero-order valence-electron chi connectivity index (χ0n) is 15.7. The number of likely N-dealkylation sites (tertiary alicyclic amines) is 1. The van der Waals surface area contributed by atoms with Gasteiger partial charge in [0.1, 0.15) is 0 Å². The van der Waals surface area contributed by atoms with Crippen LogP contribution < -0.4 is 11.1 Å². The fourth-order valence-electron chi connectivity index (χ4n) is 3.34. The number of rotatable bonds is 3. The second kappa shape index (κ2) is 8.91. The van der Waals surface area contributed by atoms with Crippen LogP contribution in [0.3, 0.4) is 0 Å². The van der Waals surface area contributed by atoms with Crippen LogP contribution in [0.2, 0.25) is 0 Å². The Bertz CT molecular complexity index is 821. The Balaban J connectivity index is 0.00000261. The summed E-state index contributed by atoms with van der Waals surface area (Å²) in [5.74, 6) is -0.153. The summed E-state index contributed by atoms with van der Waals surface area (Å²) in [7, 11) is 0. The van der Waals surface area contributed by atoms with Crippen LogP contribution >= 0.6 is 12.4 Å². The minimum absolute atomic E-state index is 0. The molecule has 1 aliphatic rings. The summed E-state index contributed by atoms with van der Waals surface area (Å²) in [4.78, 5) is 27.1. The number of piperidine rings is 1. The lowest BCUT2D eigenvalue weighted by atomic mass is 10.0. The van der Waals surface area contributed by atoms with Crippen LogP contribution in [-0.4, -0.2) is 29.3 Å². The smallest absolute Gasteiger partial charge is 0.256 e. The largest absolute Gasteiger partial charge is 0.399 e. The molecule has 0 spiro atoms. The van der Waals surface area contributed by atoms with Gasteiger partial charge >= 0.3 is 0 Å². The van der Waals surface area contributed by atoms with Crippen LogP contribution in [0.5, 0.6) is 0 Å². The Morgan fingerprint density at radius 3 is 2.48 bits per heavy atom. The molecule has 0 aliphatic carbocycles. The highest BCUT2D eigenvalue weighted by Gasteiger charge is 2.24. The summed E-state index contributed by atoms with van der Waals surface area (Å²) in [5, 5.41) is 2.86. The highest BCUT2D eigenvalue weighted by atomic mass is 35.5. The predicted molar refractivity (Wildman–Crippen MR) is 112 cm³/mol. The molecule has 0 aromatic heterocycles. The van der Waals surface area contributed by atoms with Gasteiger partial charge in [0.15, 0.2) is 0 Å². The third kappa shape index (κ3) is 4.80. The van der Waals surface area contributed by atoms with Crippen LogP contribution in [0, 0.1) is 6.92 Å². The summed E-state index contributed by atoms with van der Waals surface area (Å²) in [6.07, 6.45) is 3.29. The van der Waals surface area contributed by atoms with Gasteiger partial charge < -0.3 is 16.0 Å². The van der Waals surface area contributed by atoms with Crippen LogP contribution in [0.15, 0.2) is 42.5 Å². The molecule has 5 nitrogen and oxygen atoms in total. The molecule has 3 N–H and O–H groups in total. The summed E-state index contributed by atoms with van der Waals surface area (Å²) in [6, 6.07) is 12.6. The molecule has 1 saturated heterocycles. The number of nitrogens with one attached hydrogen (secondary N) is 1. The number of carbonyl (C=O) groups is 2. The van der Waals surface area contributed by atoms with E-state index in [0.717, 1.165) is 24.9 Å². The molecule has 0 radical (unpaired) electrons. The van der Waals surface area contributed by atoms with Crippen LogP contribution in [0.25, 0.3) is 0 Å². The first kappa shape index (κ1) is 20.8. The zero-order chi connectivity index (χ0) is 18.7. The van der Waals surface area contributed by atoms with Crippen molar-refractivity contribution in [1.29, 1.82) is 0 Å². The van der Waals surface area contributed by atoms with Gasteiger partial charge in [-0.2, -0.15) is 0 Å². The molecule has 2 aromatic carbocycles. The van der Waals surface area contributed by atoms with E-state index in [-0.39, 0.29) is 30.3 Å². The number of nitrogens with two attached hydrogens (primary N) is 1. The Labute approximate surface area is 166 Å². The molecule has 0 bridgehead atoms. The number of carbonyl (C=O) groups excluding carboxylic acids is 2. The number of nitrogen functional groups attached to an aromatic ring is 1. The fraction of sp³-hybridized carbons (Fsp3) is 0.333. The van der Waals surface area contributed by atoms with Crippen molar-refractivity contribution in [3.05, 3.63) is 59.2 Å². The van der Waals surface area contributed by atoms with Gasteiger partial charge in [0.2, 0.25) is 0 Å². The number of anilines is 2. The quantitative estimate of drug-likeness (QED) is 0.772. The molecule has 3 rings (SSSR count). The summed E-state index contributed by atoms with van der Waals surface area (Å²) in [6.45, 7) is 4.78. The van der Waals surface area contributed by atoms with E-state index in [1.54, 1.807) is 36.4 Å². The number of benzene rings is 2. The number of aryl methyl sites for hydroxylation is 1. The minimum atomic E-state index is -0.210. The highest BCUT2D eigenvalue weighted by molar-refractivity contribution is 6.06. The molecule has 1 fully saturated rings. The van der Waals surface area contributed by atoms with Gasteiger partial charge in [-0.3, -0.25) is 9.59 Å². The molecule has 1 heterocycles. The molecule has 6 heteroatoms. The lowest BCUT2D eigenvalue weighted by Gasteiger charge is -2.33. The van der Waals surface area contributed by atoms with E-state index in [4.69, 9.17) is 5.73 Å². The second-order valence-corrected chi connectivity index (χ2v) is 6.95. The van der Waals surface area contributed by atoms with Crippen molar-refractivity contribution >= 4 is 35.6 Å². The lowest BCUT2D eigenvalue weighted by molar-refractivity contribution is 0.0635. The van der Waals surface area contributed by atoms with Crippen LogP contribution in [0.4, 0.5) is 11.4 Å². The van der Waals surface area contributed by atoms with Gasteiger partial charge in [0.25, 0.3) is 11.8 Å². The number of nitrogens with zero attached hydrogens (tertiary/aromatic N) is 1. The third-order valence-corrected chi connectivity index (χ3v) is 4.96. The van der Waals surface area contributed by atoms with Crippen molar-refractivity contribution in [3.8, 4) is 0 Å². The number of amides is 2. The van der Waals surface area contributed by atoms with Crippen molar-refractivity contribution in [3.63, 3.8) is 0 Å². The summed E-state index contributed by atoms with van der Waals surface area (Å²) in [5.41, 5.74) is 9.04. The lowest BCUT2D eigenvalue weighted by Crippen LogP contribution is -2.42. The molecule has 144 valence electrons. The minimum Gasteiger partial charge on any atom is -0.399 e. The maximum Gasteiger partial charge on any atom is 0.256 e. The molecule has 1 atom stereocenters. The van der Waals surface area contributed by atoms with Crippen LogP contribution in [-0.2, 0) is 0 Å². The number of hydrogen-bond acceptors (Lipinski definition) is 3. The van der Waals surface area contributed by atoms with Crippen molar-refractivity contribution in [2.24, 2.45) is 0 Å². The van der Waals surface area contributed by atoms with Gasteiger partial charge in [-0.05, 0) is 75.1 Å². The van der Waals surface area contributed by atoms with E-state index in [1.807, 2.05) is 17.9 Å². The van der Waals surface area contributed by atoms with E-state index >= 15 is 0 Å². The first-order valence-corrected chi connectivity index (χ1v) is 9.04. The molecular formula is C21H26ClN3O2. The van der Waals surface area contributed by atoms with Crippen molar-refractivity contribution in [2.45, 2.75) is 39.2 Å². The van der Waals surface area contributed by atoms with Gasteiger partial charge in [-0.15, -0.1) is 12.4 Å². The normalized spacial score (nSPS) is 16.4. The van der Waals surface area contributed by atoms with E-state index < -0.39 is 0 Å². The first-order valence-electron chi connectivity index (χ1n) is 9.04. The Kier molecular flexibility index (Phi) is 6.86. The Morgan fingerprint density at radius 1 is 1.11 bits per heavy atom. The SMILES string of the molecule is Cc1ccc(N)cc1C(=O)Nc1ccc(C(=O)N2CCCCC2C)cc1.Cl. The van der Waals surface area contributed by atoms with Gasteiger partial charge in [0, 0.05) is 35.1 Å². The Hall–Kier alpha value is -2.53. The maximum atomic E-state index is 12.7. The van der Waals surface area contributed by atoms with Crippen molar-refractivity contribution in [1.82, 2.24) is 4.90 Å². The predicted octanol–water partition coefficient (Wildman–Crippen LogP) is 4.27. The van der Waals surface area contributed by atoms with Crippen molar-refractivity contribution < 1.29 is 9.59 Å². The van der Waals surface area contributed by atoms with Gasteiger partial charge in [0.05, 0.1) is 0 Å². The fourth-order valence-corrected chi connectivity index (χ4v) is 3.34. The standard InChI is InChI=1S/C21H25N3O2.ClH/c1-14-6-9-17(22)13-19(14)20(25)23-18-10-7-16(8-11-18)21(26)24-12-4-3-5-15(24)2;/h6-11,13,15H,3-5,12,22H2,1-2H3,(H,23,25);1H. The summed E-state index contributed by atoms with van der Waals surface area (Å²) < 4.78 is 0. The average Bonchev–Trinajstić information content (AvgIpc) is 2.64. The number of hydrogen-bond donors (Lipinski definition) is 2. The van der Waals surface area contributed by atoms with E-state index in [9.17, 15) is 9.59 Å². The first-order chi connectivity index (χ1) is 12.5. The van der Waals surface area contributed by atoms with Crippen molar-refractivity contribution in [2.75, 3.05) is 17.6 Å². The molecule has 27 heavy (non-hydrogen) atoms. The molecule has 2 aromatic rings. The Morgan fingerprint density at radius 2 is 1.81 bits per heavy atom. The topological polar surface area (TPSA) is 75.4 Å². The van der Waals surface area contributed by atoms with E-state index in [1.165, 1.54) is 6.42 Å². The summed E-state index contributed by atoms with van der Waals surface area (Å²) >= 11 is 0.